The molecule has 0 spiro atoms. The standard InChI is InChI=1S/C41H44O23/c42-12-24-29(51)32(54)34(56)39(60-24)58-18-10-21(47)27-23(11-18)59-35(16-4-7-19(45)20(46)9-16)36(31(27)53)63-41-38(33(55)30(52)25(13-43)61-41)64-40-37(28(50)22(48)14-57-40)62-26(49)8-3-15-1-5-17(44)6-2-15/h1-11,22,24-25,28-30,32-34,37-48,50-52,54-56H,12-14H2/b8-3+/t22-,24+,25+,28-,29-,30-,32-,33+,34+,37+,38-,39-,40-,41+/m1/s1. The van der Waals surface area contributed by atoms with Gasteiger partial charge in [0.25, 0.3) is 0 Å². The highest BCUT2D eigenvalue weighted by atomic mass is 16.8. The number of aromatic hydroxyl groups is 4. The fraction of sp³-hybridized carbons (Fsp3) is 0.415. The molecule has 0 unspecified atom stereocenters. The van der Waals surface area contributed by atoms with E-state index in [-0.39, 0.29) is 17.1 Å². The van der Waals surface area contributed by atoms with E-state index < -0.39 is 157 Å². The van der Waals surface area contributed by atoms with Crippen LogP contribution in [0.1, 0.15) is 5.56 Å². The number of phenols is 4. The molecule has 3 fully saturated rings. The number of ether oxygens (including phenoxy) is 7. The number of rotatable bonds is 12. The van der Waals surface area contributed by atoms with Gasteiger partial charge in [0.2, 0.25) is 23.8 Å². The number of carbonyl (C=O) groups excluding carboxylic acids is 1. The van der Waals surface area contributed by atoms with Gasteiger partial charge in [0, 0.05) is 23.8 Å². The first-order chi connectivity index (χ1) is 30.5. The zero-order valence-electron chi connectivity index (χ0n) is 33.0. The lowest BCUT2D eigenvalue weighted by atomic mass is 9.98. The van der Waals surface area contributed by atoms with Crippen molar-refractivity contribution in [3.8, 4) is 45.8 Å². The SMILES string of the molecule is O=C(/C=C/c1ccc(O)cc1)O[C@@H]1[C@@H](O[C@H]2[C@H](Oc3c(-c4ccc(O)c(O)c4)oc4cc(O[C@@H]5O[C@@H](CO)[C@@H](O)[C@@H](O)[C@@H]5O)cc(O)c4c3=O)O[C@@H](CO)[C@@H](O)[C@@H]2O)OC[C@@H](O)[C@H]1O. The summed E-state index contributed by atoms with van der Waals surface area (Å²) in [5.41, 5.74) is -1.33. The van der Waals surface area contributed by atoms with Crippen LogP contribution in [0.3, 0.4) is 0 Å². The number of hydrogen-bond donors (Lipinski definition) is 13. The minimum absolute atomic E-state index is 0.0324. The van der Waals surface area contributed by atoms with Crippen molar-refractivity contribution in [3.63, 3.8) is 0 Å². The van der Waals surface area contributed by atoms with Crippen molar-refractivity contribution >= 4 is 23.0 Å². The highest BCUT2D eigenvalue weighted by molar-refractivity contribution is 5.89. The Morgan fingerprint density at radius 1 is 0.688 bits per heavy atom. The van der Waals surface area contributed by atoms with Crippen LogP contribution in [-0.2, 0) is 28.5 Å². The minimum Gasteiger partial charge on any atom is -0.508 e. The molecular formula is C41H44O23. The number of aliphatic hydroxyl groups is 9. The van der Waals surface area contributed by atoms with E-state index in [0.29, 0.717) is 5.56 Å². The van der Waals surface area contributed by atoms with Crippen LogP contribution in [-0.4, -0.2) is 178 Å². The number of phenolic OH excluding ortho intramolecular Hbond substituents is 4. The third-order valence-electron chi connectivity index (χ3n) is 10.6. The molecular weight excluding hydrogens is 860 g/mol. The average Bonchev–Trinajstić information content (AvgIpc) is 3.27. The van der Waals surface area contributed by atoms with E-state index in [1.54, 1.807) is 0 Å². The second kappa shape index (κ2) is 19.2. The molecule has 3 aliphatic rings. The summed E-state index contributed by atoms with van der Waals surface area (Å²) in [6.45, 7) is -2.33. The van der Waals surface area contributed by atoms with Gasteiger partial charge in [0.15, 0.2) is 35.8 Å². The van der Waals surface area contributed by atoms with Crippen LogP contribution in [0.4, 0.5) is 0 Å². The molecule has 64 heavy (non-hydrogen) atoms. The van der Waals surface area contributed by atoms with Crippen LogP contribution in [0, 0.1) is 0 Å². The Hall–Kier alpha value is -5.64. The maximum absolute atomic E-state index is 14.4. The molecule has 23 nitrogen and oxygen atoms in total. The molecule has 4 aromatic rings. The summed E-state index contributed by atoms with van der Waals surface area (Å²) in [5.74, 6) is -4.99. The van der Waals surface area contributed by atoms with Crippen LogP contribution >= 0.6 is 0 Å². The number of carbonyl (C=O) groups is 1. The van der Waals surface area contributed by atoms with Crippen LogP contribution in [0.15, 0.2) is 69.9 Å². The molecule has 0 radical (unpaired) electrons. The molecule has 3 aromatic carbocycles. The molecule has 4 heterocycles. The van der Waals surface area contributed by atoms with Gasteiger partial charge in [-0.05, 0) is 42.0 Å². The van der Waals surface area contributed by atoms with Gasteiger partial charge >= 0.3 is 5.97 Å². The molecule has 0 aliphatic carbocycles. The van der Waals surface area contributed by atoms with Gasteiger partial charge in [-0.15, -0.1) is 0 Å². The van der Waals surface area contributed by atoms with E-state index in [1.165, 1.54) is 36.4 Å². The van der Waals surface area contributed by atoms with Gasteiger partial charge in [-0.25, -0.2) is 4.79 Å². The molecule has 7 rings (SSSR count). The Kier molecular flexibility index (Phi) is 13.9. The smallest absolute Gasteiger partial charge is 0.331 e. The number of aliphatic hydroxyl groups excluding tert-OH is 9. The molecule has 0 bridgehead atoms. The Balaban J connectivity index is 1.25. The predicted molar refractivity (Wildman–Crippen MR) is 209 cm³/mol. The fourth-order valence-corrected chi connectivity index (χ4v) is 7.09. The van der Waals surface area contributed by atoms with E-state index in [4.69, 9.17) is 37.6 Å². The number of benzene rings is 3. The molecule has 14 atom stereocenters. The van der Waals surface area contributed by atoms with E-state index >= 15 is 0 Å². The third-order valence-corrected chi connectivity index (χ3v) is 10.6. The Morgan fingerprint density at radius 3 is 2.03 bits per heavy atom. The van der Waals surface area contributed by atoms with Crippen molar-refractivity contribution in [2.75, 3.05) is 19.8 Å². The van der Waals surface area contributed by atoms with Gasteiger partial charge < -0.3 is 104 Å². The fourth-order valence-electron chi connectivity index (χ4n) is 7.09. The number of esters is 1. The van der Waals surface area contributed by atoms with Gasteiger partial charge in [-0.3, -0.25) is 4.79 Å². The van der Waals surface area contributed by atoms with Gasteiger partial charge in [0.1, 0.15) is 83.2 Å². The number of fused-ring (bicyclic) bond motifs is 1. The minimum atomic E-state index is -2.07. The molecule has 346 valence electrons. The van der Waals surface area contributed by atoms with Crippen molar-refractivity contribution in [2.24, 2.45) is 0 Å². The molecule has 0 saturated carbocycles. The Labute approximate surface area is 359 Å². The van der Waals surface area contributed by atoms with Crippen molar-refractivity contribution in [3.05, 3.63) is 76.5 Å². The van der Waals surface area contributed by atoms with Gasteiger partial charge in [-0.1, -0.05) is 12.1 Å². The molecule has 3 saturated heterocycles. The lowest BCUT2D eigenvalue weighted by Gasteiger charge is -2.45. The summed E-state index contributed by atoms with van der Waals surface area (Å²) in [6, 6.07) is 10.7. The molecule has 1 aromatic heterocycles. The van der Waals surface area contributed by atoms with Crippen molar-refractivity contribution in [1.82, 2.24) is 0 Å². The lowest BCUT2D eigenvalue weighted by molar-refractivity contribution is -0.345. The zero-order chi connectivity index (χ0) is 46.1. The van der Waals surface area contributed by atoms with Crippen molar-refractivity contribution < 1.29 is 109 Å². The molecule has 0 amide bonds. The summed E-state index contributed by atoms with van der Waals surface area (Å²) < 4.78 is 45.7. The topological polar surface area (TPSA) is 375 Å². The van der Waals surface area contributed by atoms with E-state index in [0.717, 1.165) is 30.3 Å². The van der Waals surface area contributed by atoms with Crippen LogP contribution in [0.5, 0.6) is 34.5 Å². The summed E-state index contributed by atoms with van der Waals surface area (Å²) in [7, 11) is 0. The van der Waals surface area contributed by atoms with Crippen LogP contribution in [0.25, 0.3) is 28.4 Å². The second-order valence-electron chi connectivity index (χ2n) is 14.9. The summed E-state index contributed by atoms with van der Waals surface area (Å²) >= 11 is 0. The van der Waals surface area contributed by atoms with Crippen molar-refractivity contribution in [2.45, 2.75) is 86.0 Å². The summed E-state index contributed by atoms with van der Waals surface area (Å²) in [4.78, 5) is 27.4. The van der Waals surface area contributed by atoms with Crippen molar-refractivity contribution in [1.29, 1.82) is 0 Å². The quantitative estimate of drug-likeness (QED) is 0.0393. The first-order valence-electron chi connectivity index (χ1n) is 19.4. The second-order valence-corrected chi connectivity index (χ2v) is 14.9. The third kappa shape index (κ3) is 9.43. The Bertz CT molecular complexity index is 2370. The van der Waals surface area contributed by atoms with Gasteiger partial charge in [0.05, 0.1) is 19.8 Å². The maximum atomic E-state index is 14.4. The maximum Gasteiger partial charge on any atom is 0.331 e. The average molecular weight is 905 g/mol. The monoisotopic (exact) mass is 904 g/mol. The van der Waals surface area contributed by atoms with Gasteiger partial charge in [-0.2, -0.15) is 0 Å². The van der Waals surface area contributed by atoms with E-state index in [9.17, 15) is 76.0 Å². The molecule has 23 heteroatoms. The van der Waals surface area contributed by atoms with Crippen LogP contribution < -0.4 is 14.9 Å². The molecule has 13 N–H and O–H groups in total. The Morgan fingerprint density at radius 2 is 1.36 bits per heavy atom. The summed E-state index contributed by atoms with van der Waals surface area (Å²) in [5, 5.41) is 135. The van der Waals surface area contributed by atoms with E-state index in [1.807, 2.05) is 0 Å². The normalized spacial score (nSPS) is 32.1. The first kappa shape index (κ1) is 46.4. The predicted octanol–water partition coefficient (Wildman–Crippen LogP) is -2.63. The first-order valence-corrected chi connectivity index (χ1v) is 19.4. The van der Waals surface area contributed by atoms with E-state index in [2.05, 4.69) is 0 Å². The van der Waals surface area contributed by atoms with Crippen LogP contribution in [0.2, 0.25) is 0 Å². The summed E-state index contributed by atoms with van der Waals surface area (Å²) in [6.07, 6.45) is -23.1. The largest absolute Gasteiger partial charge is 0.508 e. The lowest BCUT2D eigenvalue weighted by Crippen LogP contribution is -2.64. The molecule has 3 aliphatic heterocycles. The number of hydrogen-bond acceptors (Lipinski definition) is 23. The highest BCUT2D eigenvalue weighted by Crippen LogP contribution is 2.41. The zero-order valence-corrected chi connectivity index (χ0v) is 33.0. The highest BCUT2D eigenvalue weighted by Gasteiger charge is 2.52.